The minimum Gasteiger partial charge on any atom is -0.852 e. The van der Waals surface area contributed by atoms with Gasteiger partial charge < -0.3 is 5.11 Å². The van der Waals surface area contributed by atoms with Crippen LogP contribution in [-0.2, 0) is 0 Å². The van der Waals surface area contributed by atoms with Crippen LogP contribution >= 0.6 is 0 Å². The van der Waals surface area contributed by atoms with E-state index in [0.717, 1.165) is 12.8 Å². The van der Waals surface area contributed by atoms with Gasteiger partial charge in [-0.05, 0) is 11.8 Å². The van der Waals surface area contributed by atoms with Gasteiger partial charge in [-0.3, -0.25) is 0 Å². The molecule has 0 aromatic heterocycles. The standard InChI is InChI=1S/C10H19O.K/c1-7(2)9-5-4-8(3)6-10(9)11;/h7-10H,4-6H2,1-3H3;/q-1;+1/t8-,9?,10?;/m1./s1. The molecule has 1 saturated carbocycles. The molecule has 66 valence electrons. The molecule has 1 rings (SSSR count). The van der Waals surface area contributed by atoms with Gasteiger partial charge in [0.15, 0.2) is 0 Å². The summed E-state index contributed by atoms with van der Waals surface area (Å²) in [6.07, 6.45) is 3.05. The van der Waals surface area contributed by atoms with Gasteiger partial charge in [0.2, 0.25) is 0 Å². The number of hydrogen-bond acceptors (Lipinski definition) is 1. The van der Waals surface area contributed by atoms with E-state index < -0.39 is 0 Å². The van der Waals surface area contributed by atoms with Crippen LogP contribution in [0.5, 0.6) is 0 Å². The van der Waals surface area contributed by atoms with Crippen molar-refractivity contribution in [3.63, 3.8) is 0 Å². The zero-order valence-electron chi connectivity index (χ0n) is 8.84. The second-order valence-corrected chi connectivity index (χ2v) is 4.36. The van der Waals surface area contributed by atoms with Crippen molar-refractivity contribution in [1.82, 2.24) is 0 Å². The van der Waals surface area contributed by atoms with Crippen molar-refractivity contribution in [2.75, 3.05) is 0 Å². The maximum Gasteiger partial charge on any atom is 1.00 e. The molecular formula is C10H19KO. The average molecular weight is 194 g/mol. The van der Waals surface area contributed by atoms with E-state index in [1.165, 1.54) is 6.42 Å². The maximum absolute atomic E-state index is 11.5. The molecule has 12 heavy (non-hydrogen) atoms. The van der Waals surface area contributed by atoms with Crippen molar-refractivity contribution >= 4 is 0 Å². The van der Waals surface area contributed by atoms with E-state index in [0.29, 0.717) is 17.8 Å². The van der Waals surface area contributed by atoms with E-state index in [9.17, 15) is 5.11 Å². The van der Waals surface area contributed by atoms with E-state index in [-0.39, 0.29) is 57.5 Å². The molecule has 0 radical (unpaired) electrons. The van der Waals surface area contributed by atoms with Gasteiger partial charge in [0.25, 0.3) is 0 Å². The van der Waals surface area contributed by atoms with Crippen molar-refractivity contribution < 1.29 is 56.5 Å². The summed E-state index contributed by atoms with van der Waals surface area (Å²) in [7, 11) is 0. The molecule has 0 heterocycles. The molecule has 1 aliphatic carbocycles. The molecule has 0 aliphatic heterocycles. The topological polar surface area (TPSA) is 23.1 Å². The third-order valence-electron chi connectivity index (χ3n) is 2.96. The summed E-state index contributed by atoms with van der Waals surface area (Å²) >= 11 is 0. The Kier molecular flexibility index (Phi) is 6.97. The van der Waals surface area contributed by atoms with Gasteiger partial charge in [-0.1, -0.05) is 46.0 Å². The molecule has 1 fully saturated rings. The van der Waals surface area contributed by atoms with E-state index in [4.69, 9.17) is 0 Å². The van der Waals surface area contributed by atoms with Gasteiger partial charge in [0, 0.05) is 0 Å². The van der Waals surface area contributed by atoms with Crippen molar-refractivity contribution in [3.05, 3.63) is 0 Å². The number of hydrogen-bond donors (Lipinski definition) is 0. The minimum absolute atomic E-state index is 0. The van der Waals surface area contributed by atoms with Gasteiger partial charge in [0.1, 0.15) is 0 Å². The number of rotatable bonds is 1. The van der Waals surface area contributed by atoms with Crippen LogP contribution in [0.1, 0.15) is 40.0 Å². The summed E-state index contributed by atoms with van der Waals surface area (Å²) in [6.45, 7) is 6.54. The minimum atomic E-state index is -0.279. The van der Waals surface area contributed by atoms with Crippen LogP contribution < -0.4 is 56.5 Å². The molecular weight excluding hydrogens is 175 g/mol. The van der Waals surface area contributed by atoms with E-state index in [1.807, 2.05) is 0 Å². The fourth-order valence-corrected chi connectivity index (χ4v) is 2.11. The van der Waals surface area contributed by atoms with Crippen molar-refractivity contribution in [2.45, 2.75) is 46.1 Å². The molecule has 3 atom stereocenters. The van der Waals surface area contributed by atoms with E-state index in [2.05, 4.69) is 20.8 Å². The Labute approximate surface area is 119 Å². The average Bonchev–Trinajstić information content (AvgIpc) is 1.85. The van der Waals surface area contributed by atoms with Gasteiger partial charge in [0.05, 0.1) is 0 Å². The van der Waals surface area contributed by atoms with Crippen LogP contribution in [0.2, 0.25) is 0 Å². The molecule has 0 bridgehead atoms. The third-order valence-corrected chi connectivity index (χ3v) is 2.96. The monoisotopic (exact) mass is 194 g/mol. The summed E-state index contributed by atoms with van der Waals surface area (Å²) in [6, 6.07) is 0. The largest absolute Gasteiger partial charge is 1.00 e. The molecule has 0 aromatic carbocycles. The molecule has 2 heteroatoms. The Morgan fingerprint density at radius 1 is 1.25 bits per heavy atom. The normalized spacial score (nSPS) is 36.2. The summed E-state index contributed by atoms with van der Waals surface area (Å²) in [5, 5.41) is 11.5. The molecule has 0 saturated heterocycles. The van der Waals surface area contributed by atoms with Gasteiger partial charge in [-0.2, -0.15) is 0 Å². The summed E-state index contributed by atoms with van der Waals surface area (Å²) in [5.41, 5.74) is 0. The van der Waals surface area contributed by atoms with Crippen LogP contribution in [0.3, 0.4) is 0 Å². The summed E-state index contributed by atoms with van der Waals surface area (Å²) in [4.78, 5) is 0. The predicted octanol–water partition coefficient (Wildman–Crippen LogP) is -1.19. The zero-order chi connectivity index (χ0) is 8.43. The molecule has 1 nitrogen and oxygen atoms in total. The smallest absolute Gasteiger partial charge is 0.852 e. The van der Waals surface area contributed by atoms with Crippen LogP contribution in [-0.4, -0.2) is 6.10 Å². The quantitative estimate of drug-likeness (QED) is 0.482. The molecule has 1 aliphatic rings. The van der Waals surface area contributed by atoms with Crippen molar-refractivity contribution in [3.8, 4) is 0 Å². The Hall–Kier alpha value is 1.60. The van der Waals surface area contributed by atoms with Crippen LogP contribution in [0.15, 0.2) is 0 Å². The van der Waals surface area contributed by atoms with Gasteiger partial charge >= 0.3 is 51.4 Å². The molecule has 2 unspecified atom stereocenters. The third kappa shape index (κ3) is 3.77. The first-order valence-electron chi connectivity index (χ1n) is 4.77. The van der Waals surface area contributed by atoms with Crippen LogP contribution in [0, 0.1) is 17.8 Å². The van der Waals surface area contributed by atoms with Crippen molar-refractivity contribution in [1.29, 1.82) is 0 Å². The van der Waals surface area contributed by atoms with Gasteiger partial charge in [-0.15, -0.1) is 6.10 Å². The first kappa shape index (κ1) is 13.6. The molecule has 0 amide bonds. The Balaban J connectivity index is 0.00000121. The van der Waals surface area contributed by atoms with Crippen molar-refractivity contribution in [2.24, 2.45) is 17.8 Å². The zero-order valence-corrected chi connectivity index (χ0v) is 12.0. The first-order valence-corrected chi connectivity index (χ1v) is 4.77. The predicted molar refractivity (Wildman–Crippen MR) is 45.1 cm³/mol. The SMILES string of the molecule is CC(C)C1CC[C@@H](C)CC1[O-].[K+]. The van der Waals surface area contributed by atoms with Gasteiger partial charge in [-0.25, -0.2) is 0 Å². The van der Waals surface area contributed by atoms with Crippen LogP contribution in [0.4, 0.5) is 0 Å². The second kappa shape index (κ2) is 6.15. The fourth-order valence-electron chi connectivity index (χ4n) is 2.11. The van der Waals surface area contributed by atoms with E-state index in [1.54, 1.807) is 0 Å². The first-order chi connectivity index (χ1) is 5.11. The summed E-state index contributed by atoms with van der Waals surface area (Å²) < 4.78 is 0. The molecule has 0 spiro atoms. The molecule has 0 N–H and O–H groups in total. The maximum atomic E-state index is 11.5. The van der Waals surface area contributed by atoms with E-state index >= 15 is 0 Å². The Morgan fingerprint density at radius 2 is 1.83 bits per heavy atom. The fraction of sp³-hybridized carbons (Fsp3) is 1.00. The molecule has 0 aromatic rings. The Morgan fingerprint density at radius 3 is 2.25 bits per heavy atom. The Bertz CT molecular complexity index is 125. The summed E-state index contributed by atoms with van der Waals surface area (Å²) in [5.74, 6) is 1.71. The van der Waals surface area contributed by atoms with Crippen LogP contribution in [0.25, 0.3) is 0 Å². The second-order valence-electron chi connectivity index (χ2n) is 4.36.